The zero-order valence-electron chi connectivity index (χ0n) is 10.7. The lowest BCUT2D eigenvalue weighted by Gasteiger charge is -2.04. The molecule has 0 saturated heterocycles. The van der Waals surface area contributed by atoms with E-state index in [0.29, 0.717) is 11.3 Å². The summed E-state index contributed by atoms with van der Waals surface area (Å²) in [5, 5.41) is 1.91. The Hall–Kier alpha value is -2.28. The van der Waals surface area contributed by atoms with Gasteiger partial charge >= 0.3 is 6.61 Å². The van der Waals surface area contributed by atoms with E-state index in [1.807, 2.05) is 16.0 Å². The Balaban J connectivity index is 1.71. The van der Waals surface area contributed by atoms with Gasteiger partial charge in [-0.25, -0.2) is 4.98 Å². The monoisotopic (exact) mass is 308 g/mol. The zero-order chi connectivity index (χ0) is 14.8. The van der Waals surface area contributed by atoms with Gasteiger partial charge in [0, 0.05) is 23.3 Å². The molecular weight excluding hydrogens is 298 g/mol. The largest absolute Gasteiger partial charge is 0.435 e. The van der Waals surface area contributed by atoms with Crippen LogP contribution < -0.4 is 4.74 Å². The number of rotatable bonds is 5. The normalized spacial score (nSPS) is 11.2. The molecule has 1 aromatic carbocycles. The van der Waals surface area contributed by atoms with Gasteiger partial charge in [0.15, 0.2) is 10.7 Å². The summed E-state index contributed by atoms with van der Waals surface area (Å²) in [6, 6.07) is 5.65. The topological polar surface area (TPSA) is 43.6 Å². The molecule has 3 rings (SSSR count). The number of imidazole rings is 1. The third kappa shape index (κ3) is 3.08. The highest BCUT2D eigenvalue weighted by molar-refractivity contribution is 7.15. The first-order valence-electron chi connectivity index (χ1n) is 6.11. The molecule has 2 heterocycles. The zero-order valence-corrected chi connectivity index (χ0v) is 11.5. The number of halogens is 2. The highest BCUT2D eigenvalue weighted by Gasteiger charge is 2.11. The van der Waals surface area contributed by atoms with Crippen molar-refractivity contribution in [3.8, 4) is 5.75 Å². The molecule has 0 aliphatic carbocycles. The van der Waals surface area contributed by atoms with Crippen molar-refractivity contribution in [2.24, 2.45) is 0 Å². The second-order valence-corrected chi connectivity index (χ2v) is 5.20. The van der Waals surface area contributed by atoms with Gasteiger partial charge in [0.1, 0.15) is 5.75 Å². The smallest absolute Gasteiger partial charge is 0.387 e. The molecule has 0 bridgehead atoms. The number of ketones is 1. The van der Waals surface area contributed by atoms with Crippen LogP contribution >= 0.6 is 11.3 Å². The fourth-order valence-electron chi connectivity index (χ4n) is 1.95. The minimum atomic E-state index is -2.87. The molecule has 7 heteroatoms. The number of hydrogen-bond donors (Lipinski definition) is 0. The van der Waals surface area contributed by atoms with E-state index in [2.05, 4.69) is 9.72 Å². The fourth-order valence-corrected chi connectivity index (χ4v) is 2.67. The van der Waals surface area contributed by atoms with Gasteiger partial charge in [0.05, 0.1) is 12.1 Å². The van der Waals surface area contributed by atoms with Crippen molar-refractivity contribution < 1.29 is 18.3 Å². The third-order valence-corrected chi connectivity index (χ3v) is 3.66. The van der Waals surface area contributed by atoms with Crippen LogP contribution in [-0.4, -0.2) is 21.8 Å². The Morgan fingerprint density at radius 1 is 1.33 bits per heavy atom. The average molecular weight is 308 g/mol. The molecule has 0 spiro atoms. The molecule has 0 N–H and O–H groups in total. The summed E-state index contributed by atoms with van der Waals surface area (Å²) >= 11 is 1.49. The number of carbonyl (C=O) groups is 1. The van der Waals surface area contributed by atoms with Gasteiger partial charge in [-0.15, -0.1) is 11.3 Å². The van der Waals surface area contributed by atoms with Crippen LogP contribution in [0.15, 0.2) is 42.0 Å². The molecule has 0 aliphatic rings. The van der Waals surface area contributed by atoms with E-state index in [1.54, 1.807) is 6.20 Å². The van der Waals surface area contributed by atoms with Crippen LogP contribution in [0, 0.1) is 0 Å². The number of aromatic nitrogens is 2. The van der Waals surface area contributed by atoms with Crippen LogP contribution in [0.2, 0.25) is 0 Å². The van der Waals surface area contributed by atoms with Crippen molar-refractivity contribution in [3.05, 3.63) is 53.3 Å². The van der Waals surface area contributed by atoms with E-state index in [0.717, 1.165) is 4.96 Å². The summed E-state index contributed by atoms with van der Waals surface area (Å²) < 4.78 is 30.2. The quantitative estimate of drug-likeness (QED) is 0.678. The van der Waals surface area contributed by atoms with Gasteiger partial charge in [-0.1, -0.05) is 0 Å². The molecule has 0 unspecified atom stereocenters. The maximum absolute atomic E-state index is 12.1. The van der Waals surface area contributed by atoms with E-state index < -0.39 is 6.61 Å². The van der Waals surface area contributed by atoms with E-state index in [9.17, 15) is 13.6 Å². The van der Waals surface area contributed by atoms with Crippen molar-refractivity contribution in [1.82, 2.24) is 9.38 Å². The van der Waals surface area contributed by atoms with Gasteiger partial charge in [-0.3, -0.25) is 9.20 Å². The molecule has 108 valence electrons. The number of hydrogen-bond acceptors (Lipinski definition) is 4. The van der Waals surface area contributed by atoms with E-state index in [-0.39, 0.29) is 18.0 Å². The molecule has 21 heavy (non-hydrogen) atoms. The number of alkyl halides is 2. The number of ether oxygens (including phenoxy) is 1. The Bertz CT molecular complexity index is 736. The molecule has 3 aromatic rings. The first-order valence-corrected chi connectivity index (χ1v) is 6.99. The van der Waals surface area contributed by atoms with Crippen molar-refractivity contribution in [3.63, 3.8) is 0 Å². The summed E-state index contributed by atoms with van der Waals surface area (Å²) in [5.74, 6) is -0.0894. The van der Waals surface area contributed by atoms with Crippen LogP contribution in [0.3, 0.4) is 0 Å². The van der Waals surface area contributed by atoms with Gasteiger partial charge < -0.3 is 4.74 Å². The Morgan fingerprint density at radius 3 is 2.76 bits per heavy atom. The van der Waals surface area contributed by atoms with Crippen molar-refractivity contribution in [2.45, 2.75) is 13.0 Å². The average Bonchev–Trinajstić information content (AvgIpc) is 2.99. The summed E-state index contributed by atoms with van der Waals surface area (Å²) in [5.41, 5.74) is 1.12. The summed E-state index contributed by atoms with van der Waals surface area (Å²) in [4.78, 5) is 17.3. The van der Waals surface area contributed by atoms with Crippen molar-refractivity contribution in [2.75, 3.05) is 0 Å². The Morgan fingerprint density at radius 2 is 2.10 bits per heavy atom. The van der Waals surface area contributed by atoms with Crippen LogP contribution in [0.25, 0.3) is 4.96 Å². The fraction of sp³-hybridized carbons (Fsp3) is 0.143. The molecule has 0 radical (unpaired) electrons. The highest BCUT2D eigenvalue weighted by atomic mass is 32.1. The Kier molecular flexibility index (Phi) is 3.66. The molecule has 0 atom stereocenters. The SMILES string of the molecule is O=C(Cc1cn2ccsc2n1)c1ccc(OC(F)F)cc1. The summed E-state index contributed by atoms with van der Waals surface area (Å²) in [6.45, 7) is -2.87. The number of nitrogens with zero attached hydrogens (tertiary/aromatic N) is 2. The highest BCUT2D eigenvalue weighted by Crippen LogP contribution is 2.17. The van der Waals surface area contributed by atoms with Crippen LogP contribution in [0.4, 0.5) is 8.78 Å². The van der Waals surface area contributed by atoms with Crippen LogP contribution in [0.5, 0.6) is 5.75 Å². The Labute approximate surface area is 122 Å². The molecule has 0 aliphatic heterocycles. The third-order valence-electron chi connectivity index (χ3n) is 2.89. The maximum atomic E-state index is 12.1. The van der Waals surface area contributed by atoms with Gasteiger partial charge in [-0.05, 0) is 24.3 Å². The lowest BCUT2D eigenvalue weighted by Crippen LogP contribution is -2.05. The molecule has 0 amide bonds. The van der Waals surface area contributed by atoms with Gasteiger partial charge in [0.2, 0.25) is 0 Å². The number of fused-ring (bicyclic) bond motifs is 1. The number of carbonyl (C=O) groups excluding carboxylic acids is 1. The molecule has 2 aromatic heterocycles. The minimum Gasteiger partial charge on any atom is -0.435 e. The maximum Gasteiger partial charge on any atom is 0.387 e. The van der Waals surface area contributed by atoms with Crippen LogP contribution in [0.1, 0.15) is 16.1 Å². The predicted octanol–water partition coefficient (Wildman–Crippen LogP) is 3.42. The van der Waals surface area contributed by atoms with Gasteiger partial charge in [0.25, 0.3) is 0 Å². The molecule has 0 fully saturated rings. The second-order valence-electron chi connectivity index (χ2n) is 4.33. The number of benzene rings is 1. The lowest BCUT2D eigenvalue weighted by molar-refractivity contribution is -0.0498. The van der Waals surface area contributed by atoms with E-state index in [4.69, 9.17) is 0 Å². The lowest BCUT2D eigenvalue weighted by atomic mass is 10.1. The van der Waals surface area contributed by atoms with Gasteiger partial charge in [-0.2, -0.15) is 8.78 Å². The van der Waals surface area contributed by atoms with E-state index >= 15 is 0 Å². The number of Topliss-reactive ketones (excluding diaryl/α,β-unsaturated/α-hetero) is 1. The standard InChI is InChI=1S/C14H10F2N2O2S/c15-13(16)20-11-3-1-9(2-4-11)12(19)7-10-8-18-5-6-21-14(18)17-10/h1-6,8,13H,7H2. The molecule has 0 saturated carbocycles. The summed E-state index contributed by atoms with van der Waals surface area (Å²) in [7, 11) is 0. The number of thiazole rings is 1. The predicted molar refractivity (Wildman–Crippen MR) is 74.2 cm³/mol. The second kappa shape index (κ2) is 5.61. The summed E-state index contributed by atoms with van der Waals surface area (Å²) in [6.07, 6.45) is 3.85. The van der Waals surface area contributed by atoms with Crippen LogP contribution in [-0.2, 0) is 6.42 Å². The molecule has 4 nitrogen and oxygen atoms in total. The minimum absolute atomic E-state index is 0.0315. The van der Waals surface area contributed by atoms with Crippen molar-refractivity contribution in [1.29, 1.82) is 0 Å². The first kappa shape index (κ1) is 13.7. The van der Waals surface area contributed by atoms with Crippen molar-refractivity contribution >= 4 is 22.1 Å². The van der Waals surface area contributed by atoms with E-state index in [1.165, 1.54) is 35.6 Å². The first-order chi connectivity index (χ1) is 10.1. The molecular formula is C14H10F2N2O2S.